The molecular formula is C13H19N5O3. The van der Waals surface area contributed by atoms with Crippen LogP contribution in [0.3, 0.4) is 0 Å². The fourth-order valence-electron chi connectivity index (χ4n) is 1.51. The maximum Gasteiger partial charge on any atom is 0.343 e. The van der Waals surface area contributed by atoms with E-state index >= 15 is 0 Å². The Morgan fingerprint density at radius 1 is 1.43 bits per heavy atom. The highest BCUT2D eigenvalue weighted by Gasteiger charge is 2.12. The number of hydrogen-bond donors (Lipinski definition) is 3. The standard InChI is InChI=1S/C13H19N5O3/c1-4-12(19)16-21-8-10-9(2)6-5-7-11(10)15-13(20)18(3)17-14/h5-7,14H,4,8H2,1-3H3,(H,15,20)(H,16,19). The third-order valence-electron chi connectivity index (χ3n) is 2.82. The van der Waals surface area contributed by atoms with Crippen molar-refractivity contribution in [3.8, 4) is 0 Å². The molecule has 1 rings (SSSR count). The molecule has 0 aliphatic heterocycles. The van der Waals surface area contributed by atoms with Gasteiger partial charge in [0.2, 0.25) is 5.91 Å². The summed E-state index contributed by atoms with van der Waals surface area (Å²) in [7, 11) is 1.37. The summed E-state index contributed by atoms with van der Waals surface area (Å²) in [6, 6.07) is 4.84. The van der Waals surface area contributed by atoms with Gasteiger partial charge >= 0.3 is 6.03 Å². The van der Waals surface area contributed by atoms with Crippen LogP contribution in [0.1, 0.15) is 24.5 Å². The molecule has 0 saturated carbocycles. The van der Waals surface area contributed by atoms with Gasteiger partial charge in [0.15, 0.2) is 0 Å². The highest BCUT2D eigenvalue weighted by Crippen LogP contribution is 2.20. The van der Waals surface area contributed by atoms with Gasteiger partial charge in [0.1, 0.15) is 6.61 Å². The normalized spacial score (nSPS) is 9.86. The van der Waals surface area contributed by atoms with Gasteiger partial charge in [-0.1, -0.05) is 24.3 Å². The number of carbonyl (C=O) groups excluding carboxylic acids is 2. The molecule has 0 aromatic heterocycles. The van der Waals surface area contributed by atoms with Gasteiger partial charge in [-0.3, -0.25) is 9.63 Å². The van der Waals surface area contributed by atoms with E-state index in [0.717, 1.165) is 16.1 Å². The number of nitrogens with one attached hydrogen (secondary N) is 3. The molecule has 0 spiro atoms. The molecule has 1 aromatic rings. The lowest BCUT2D eigenvalue weighted by atomic mass is 10.1. The van der Waals surface area contributed by atoms with Crippen LogP contribution in [0.15, 0.2) is 23.4 Å². The van der Waals surface area contributed by atoms with E-state index in [9.17, 15) is 9.59 Å². The van der Waals surface area contributed by atoms with E-state index < -0.39 is 6.03 Å². The number of hydrogen-bond acceptors (Lipinski definition) is 5. The molecule has 0 bridgehead atoms. The van der Waals surface area contributed by atoms with E-state index in [2.05, 4.69) is 16.0 Å². The number of rotatable bonds is 6. The van der Waals surface area contributed by atoms with Crippen LogP contribution in [0.25, 0.3) is 0 Å². The molecule has 0 aliphatic rings. The number of benzene rings is 1. The molecular weight excluding hydrogens is 274 g/mol. The maximum absolute atomic E-state index is 11.7. The average molecular weight is 293 g/mol. The highest BCUT2D eigenvalue weighted by molar-refractivity contribution is 5.89. The molecule has 21 heavy (non-hydrogen) atoms. The molecule has 8 heteroatoms. The maximum atomic E-state index is 11.7. The number of aryl methyl sites for hydroxylation is 1. The zero-order valence-corrected chi connectivity index (χ0v) is 12.3. The van der Waals surface area contributed by atoms with Gasteiger partial charge in [0.05, 0.1) is 0 Å². The van der Waals surface area contributed by atoms with Crippen molar-refractivity contribution in [3.05, 3.63) is 29.3 Å². The average Bonchev–Trinajstić information content (AvgIpc) is 2.48. The molecule has 8 nitrogen and oxygen atoms in total. The molecule has 3 amide bonds. The van der Waals surface area contributed by atoms with Crippen molar-refractivity contribution in [1.29, 1.82) is 5.53 Å². The van der Waals surface area contributed by atoms with Gasteiger partial charge in [0, 0.05) is 24.7 Å². The Morgan fingerprint density at radius 3 is 2.76 bits per heavy atom. The van der Waals surface area contributed by atoms with Crippen LogP contribution in [0.5, 0.6) is 0 Å². The van der Waals surface area contributed by atoms with E-state index in [0.29, 0.717) is 12.1 Å². The van der Waals surface area contributed by atoms with Crippen molar-refractivity contribution >= 4 is 17.6 Å². The SMILES string of the molecule is CCC(=O)NOCc1c(C)cccc1NC(=O)N(C)N=N. The van der Waals surface area contributed by atoms with Gasteiger partial charge in [-0.05, 0) is 18.6 Å². The second-order valence-electron chi connectivity index (χ2n) is 4.32. The molecule has 114 valence electrons. The van der Waals surface area contributed by atoms with Crippen LogP contribution in [0.2, 0.25) is 0 Å². The van der Waals surface area contributed by atoms with E-state index in [-0.39, 0.29) is 12.5 Å². The van der Waals surface area contributed by atoms with Gasteiger partial charge in [-0.25, -0.2) is 10.3 Å². The summed E-state index contributed by atoms with van der Waals surface area (Å²) in [5.74, 6) is -0.220. The molecule has 0 saturated heterocycles. The number of hydroxylamine groups is 1. The van der Waals surface area contributed by atoms with Crippen molar-refractivity contribution in [2.45, 2.75) is 26.9 Å². The lowest BCUT2D eigenvalue weighted by Crippen LogP contribution is -2.27. The number of urea groups is 1. The molecule has 0 heterocycles. The van der Waals surface area contributed by atoms with Crippen LogP contribution in [0, 0.1) is 12.5 Å². The number of anilines is 1. The summed E-state index contributed by atoms with van der Waals surface area (Å²) in [6.45, 7) is 3.71. The predicted molar refractivity (Wildman–Crippen MR) is 76.3 cm³/mol. The van der Waals surface area contributed by atoms with E-state index in [1.807, 2.05) is 13.0 Å². The molecule has 3 N–H and O–H groups in total. The first-order valence-electron chi connectivity index (χ1n) is 6.40. The first-order chi connectivity index (χ1) is 9.99. The lowest BCUT2D eigenvalue weighted by Gasteiger charge is -2.16. The quantitative estimate of drug-likeness (QED) is 0.553. The summed E-state index contributed by atoms with van der Waals surface area (Å²) in [5.41, 5.74) is 11.3. The summed E-state index contributed by atoms with van der Waals surface area (Å²) in [6.07, 6.45) is 0.327. The Labute approximate surface area is 122 Å². The Hall–Kier alpha value is -2.48. The highest BCUT2D eigenvalue weighted by atomic mass is 16.6. The Morgan fingerprint density at radius 2 is 2.14 bits per heavy atom. The van der Waals surface area contributed by atoms with Crippen LogP contribution in [-0.2, 0) is 16.2 Å². The van der Waals surface area contributed by atoms with E-state index in [4.69, 9.17) is 10.4 Å². The minimum absolute atomic E-state index is 0.121. The fraction of sp³-hybridized carbons (Fsp3) is 0.385. The summed E-state index contributed by atoms with van der Waals surface area (Å²) in [5, 5.41) is 6.52. The van der Waals surface area contributed by atoms with Gasteiger partial charge < -0.3 is 5.32 Å². The predicted octanol–water partition coefficient (Wildman–Crippen LogP) is 2.36. The Balaban J connectivity index is 2.80. The largest absolute Gasteiger partial charge is 0.343 e. The van der Waals surface area contributed by atoms with Crippen LogP contribution < -0.4 is 10.8 Å². The van der Waals surface area contributed by atoms with E-state index in [1.165, 1.54) is 7.05 Å². The van der Waals surface area contributed by atoms with Gasteiger partial charge in [-0.2, -0.15) is 10.5 Å². The Bertz CT molecular complexity index is 533. The van der Waals surface area contributed by atoms with E-state index in [1.54, 1.807) is 19.1 Å². The lowest BCUT2D eigenvalue weighted by molar-refractivity contribution is -0.134. The third-order valence-corrected chi connectivity index (χ3v) is 2.82. The summed E-state index contributed by atoms with van der Waals surface area (Å²) >= 11 is 0. The van der Waals surface area contributed by atoms with Crippen molar-refractivity contribution < 1.29 is 14.4 Å². The summed E-state index contributed by atoms with van der Waals surface area (Å²) < 4.78 is 0. The van der Waals surface area contributed by atoms with Gasteiger partial charge in [-0.15, -0.1) is 0 Å². The third kappa shape index (κ3) is 4.84. The topological polar surface area (TPSA) is 107 Å². The minimum atomic E-state index is -0.533. The van der Waals surface area contributed by atoms with Crippen LogP contribution >= 0.6 is 0 Å². The van der Waals surface area contributed by atoms with Crippen LogP contribution in [-0.4, -0.2) is 24.0 Å². The minimum Gasteiger partial charge on any atom is -0.306 e. The zero-order valence-electron chi connectivity index (χ0n) is 12.3. The molecule has 0 fully saturated rings. The summed E-state index contributed by atoms with van der Waals surface area (Å²) in [4.78, 5) is 28.0. The first kappa shape index (κ1) is 16.6. The van der Waals surface area contributed by atoms with Crippen molar-refractivity contribution in [2.75, 3.05) is 12.4 Å². The molecule has 0 radical (unpaired) electrons. The number of carbonyl (C=O) groups is 2. The molecule has 0 unspecified atom stereocenters. The molecule has 0 aliphatic carbocycles. The number of amides is 3. The van der Waals surface area contributed by atoms with Crippen molar-refractivity contribution in [3.63, 3.8) is 0 Å². The second-order valence-corrected chi connectivity index (χ2v) is 4.32. The first-order valence-corrected chi connectivity index (χ1v) is 6.40. The second kappa shape index (κ2) is 7.95. The smallest absolute Gasteiger partial charge is 0.306 e. The molecule has 0 atom stereocenters. The van der Waals surface area contributed by atoms with Crippen molar-refractivity contribution in [2.24, 2.45) is 5.22 Å². The van der Waals surface area contributed by atoms with Crippen LogP contribution in [0.4, 0.5) is 10.5 Å². The zero-order chi connectivity index (χ0) is 15.8. The van der Waals surface area contributed by atoms with Gasteiger partial charge in [0.25, 0.3) is 0 Å². The fourth-order valence-corrected chi connectivity index (χ4v) is 1.51. The monoisotopic (exact) mass is 293 g/mol. The van der Waals surface area contributed by atoms with Crippen molar-refractivity contribution in [1.82, 2.24) is 10.5 Å². The Kier molecular flexibility index (Phi) is 6.28. The molecule has 1 aromatic carbocycles. The number of nitrogens with zero attached hydrogens (tertiary/aromatic N) is 2.